The largest absolute Gasteiger partial charge is 0.355 e. The Morgan fingerprint density at radius 2 is 2.13 bits per heavy atom. The molecule has 23 heavy (non-hydrogen) atoms. The molecule has 0 aliphatic carbocycles. The number of hydrogen-bond donors (Lipinski definition) is 1. The number of benzene rings is 1. The van der Waals surface area contributed by atoms with Crippen molar-refractivity contribution in [2.75, 3.05) is 6.54 Å². The first-order chi connectivity index (χ1) is 11.2. The van der Waals surface area contributed by atoms with Gasteiger partial charge >= 0.3 is 0 Å². The van der Waals surface area contributed by atoms with Gasteiger partial charge in [0.15, 0.2) is 11.5 Å². The van der Waals surface area contributed by atoms with Crippen LogP contribution in [-0.2, 0) is 6.54 Å². The summed E-state index contributed by atoms with van der Waals surface area (Å²) in [5, 5.41) is 10.9. The average molecular weight is 310 g/mol. The zero-order valence-corrected chi connectivity index (χ0v) is 12.9. The smallest absolute Gasteiger partial charge is 0.273 e. The van der Waals surface area contributed by atoms with Gasteiger partial charge in [0.25, 0.3) is 5.91 Å². The molecule has 1 N–H and O–H groups in total. The van der Waals surface area contributed by atoms with Crippen LogP contribution < -0.4 is 5.32 Å². The summed E-state index contributed by atoms with van der Waals surface area (Å²) in [4.78, 5) is 12.0. The third-order valence-corrected chi connectivity index (χ3v) is 3.41. The summed E-state index contributed by atoms with van der Waals surface area (Å²) in [5.74, 6) is 0.357. The van der Waals surface area contributed by atoms with Gasteiger partial charge in [-0.1, -0.05) is 35.5 Å². The van der Waals surface area contributed by atoms with Gasteiger partial charge in [0, 0.05) is 30.9 Å². The van der Waals surface area contributed by atoms with Gasteiger partial charge in [-0.2, -0.15) is 5.10 Å². The first-order valence-electron chi connectivity index (χ1n) is 7.52. The van der Waals surface area contributed by atoms with Crippen LogP contribution in [0.5, 0.6) is 0 Å². The van der Waals surface area contributed by atoms with Gasteiger partial charge in [-0.25, -0.2) is 0 Å². The first-order valence-corrected chi connectivity index (χ1v) is 7.52. The maximum Gasteiger partial charge on any atom is 0.273 e. The highest BCUT2D eigenvalue weighted by Crippen LogP contribution is 2.19. The molecular weight excluding hydrogens is 292 g/mol. The lowest BCUT2D eigenvalue weighted by Crippen LogP contribution is -2.25. The maximum absolute atomic E-state index is 12.0. The van der Waals surface area contributed by atoms with E-state index in [1.165, 1.54) is 0 Å². The van der Waals surface area contributed by atoms with Crippen LogP contribution in [0, 0.1) is 6.92 Å². The quantitative estimate of drug-likeness (QED) is 0.710. The van der Waals surface area contributed by atoms with Gasteiger partial charge in [0.1, 0.15) is 0 Å². The molecule has 0 spiro atoms. The highest BCUT2D eigenvalue weighted by Gasteiger charge is 2.12. The Labute approximate surface area is 134 Å². The van der Waals surface area contributed by atoms with Crippen LogP contribution in [0.25, 0.3) is 11.3 Å². The molecule has 0 saturated carbocycles. The second-order valence-corrected chi connectivity index (χ2v) is 5.33. The standard InChI is InChI=1S/C17H18N4O2/c1-13-11-19-21(12-13)9-5-8-18-17(22)15-10-16(23-20-15)14-6-3-2-4-7-14/h2-4,6-7,10-12H,5,8-9H2,1H3,(H,18,22). The molecule has 0 aliphatic heterocycles. The van der Waals surface area contributed by atoms with Gasteiger partial charge in [0.2, 0.25) is 0 Å². The Bertz CT molecular complexity index is 777. The van der Waals surface area contributed by atoms with Gasteiger partial charge in [-0.05, 0) is 18.9 Å². The van der Waals surface area contributed by atoms with E-state index in [1.54, 1.807) is 6.07 Å². The maximum atomic E-state index is 12.0. The Kier molecular flexibility index (Phi) is 4.52. The molecule has 0 fully saturated rings. The number of amides is 1. The third-order valence-electron chi connectivity index (χ3n) is 3.41. The molecule has 6 nitrogen and oxygen atoms in total. The summed E-state index contributed by atoms with van der Waals surface area (Å²) in [5.41, 5.74) is 2.32. The van der Waals surface area contributed by atoms with Gasteiger partial charge < -0.3 is 9.84 Å². The van der Waals surface area contributed by atoms with E-state index in [1.807, 2.05) is 54.3 Å². The number of carbonyl (C=O) groups excluding carboxylic acids is 1. The second-order valence-electron chi connectivity index (χ2n) is 5.33. The Balaban J connectivity index is 1.50. The van der Waals surface area contributed by atoms with Crippen LogP contribution in [-0.4, -0.2) is 27.4 Å². The topological polar surface area (TPSA) is 73.0 Å². The van der Waals surface area contributed by atoms with Crippen LogP contribution in [0.3, 0.4) is 0 Å². The van der Waals surface area contributed by atoms with Crippen molar-refractivity contribution >= 4 is 5.91 Å². The van der Waals surface area contributed by atoms with Gasteiger partial charge in [-0.3, -0.25) is 9.48 Å². The van der Waals surface area contributed by atoms with Crippen LogP contribution >= 0.6 is 0 Å². The van der Waals surface area contributed by atoms with Crippen molar-refractivity contribution in [2.24, 2.45) is 0 Å². The van der Waals surface area contributed by atoms with Crippen LogP contribution in [0.4, 0.5) is 0 Å². The molecule has 2 aromatic heterocycles. The van der Waals surface area contributed by atoms with E-state index < -0.39 is 0 Å². The van der Waals surface area contributed by atoms with Crippen LogP contribution in [0.15, 0.2) is 53.3 Å². The number of hydrogen-bond acceptors (Lipinski definition) is 4. The number of carbonyl (C=O) groups is 1. The summed E-state index contributed by atoms with van der Waals surface area (Å²) in [6, 6.07) is 11.2. The van der Waals surface area contributed by atoms with E-state index in [0.717, 1.165) is 24.1 Å². The number of rotatable bonds is 6. The zero-order chi connectivity index (χ0) is 16.1. The Hall–Kier alpha value is -2.89. The van der Waals surface area contributed by atoms with Crippen molar-refractivity contribution in [1.82, 2.24) is 20.3 Å². The predicted molar refractivity (Wildman–Crippen MR) is 85.9 cm³/mol. The summed E-state index contributed by atoms with van der Waals surface area (Å²) in [6.07, 6.45) is 4.60. The number of aryl methyl sites for hydroxylation is 2. The molecular formula is C17H18N4O2. The number of aromatic nitrogens is 3. The molecule has 3 aromatic rings. The van der Waals surface area contributed by atoms with E-state index in [-0.39, 0.29) is 5.91 Å². The van der Waals surface area contributed by atoms with Crippen molar-refractivity contribution in [3.63, 3.8) is 0 Å². The molecule has 1 aromatic carbocycles. The normalized spacial score (nSPS) is 10.7. The molecule has 1 amide bonds. The third kappa shape index (κ3) is 3.85. The monoisotopic (exact) mass is 310 g/mol. The molecule has 0 atom stereocenters. The lowest BCUT2D eigenvalue weighted by molar-refractivity contribution is 0.0943. The van der Waals surface area contributed by atoms with Crippen molar-refractivity contribution in [3.05, 3.63) is 60.0 Å². The highest BCUT2D eigenvalue weighted by atomic mass is 16.5. The van der Waals surface area contributed by atoms with Crippen LogP contribution in [0.2, 0.25) is 0 Å². The minimum Gasteiger partial charge on any atom is -0.355 e. The van der Waals surface area contributed by atoms with Crippen molar-refractivity contribution in [2.45, 2.75) is 19.9 Å². The Morgan fingerprint density at radius 1 is 1.30 bits per heavy atom. The molecule has 6 heteroatoms. The highest BCUT2D eigenvalue weighted by molar-refractivity contribution is 5.93. The summed E-state index contributed by atoms with van der Waals surface area (Å²) < 4.78 is 7.09. The van der Waals surface area contributed by atoms with Gasteiger partial charge in [0.05, 0.1) is 6.20 Å². The summed E-state index contributed by atoms with van der Waals surface area (Å²) in [7, 11) is 0. The lowest BCUT2D eigenvalue weighted by Gasteiger charge is -2.03. The molecule has 0 radical (unpaired) electrons. The number of nitrogens with one attached hydrogen (secondary N) is 1. The lowest BCUT2D eigenvalue weighted by atomic mass is 10.1. The Morgan fingerprint density at radius 3 is 2.87 bits per heavy atom. The first kappa shape index (κ1) is 15.0. The fourth-order valence-corrected chi connectivity index (χ4v) is 2.24. The molecule has 0 bridgehead atoms. The predicted octanol–water partition coefficient (Wildman–Crippen LogP) is 2.67. The van der Waals surface area contributed by atoms with E-state index in [4.69, 9.17) is 4.52 Å². The number of nitrogens with zero attached hydrogens (tertiary/aromatic N) is 3. The van der Waals surface area contributed by atoms with Gasteiger partial charge in [-0.15, -0.1) is 0 Å². The van der Waals surface area contributed by atoms with Crippen molar-refractivity contribution < 1.29 is 9.32 Å². The molecule has 0 aliphatic rings. The SMILES string of the molecule is Cc1cnn(CCCNC(=O)c2cc(-c3ccccc3)on2)c1. The molecule has 2 heterocycles. The molecule has 0 unspecified atom stereocenters. The van der Waals surface area contributed by atoms with E-state index in [9.17, 15) is 4.79 Å². The summed E-state index contributed by atoms with van der Waals surface area (Å²) >= 11 is 0. The van der Waals surface area contributed by atoms with Crippen molar-refractivity contribution in [1.29, 1.82) is 0 Å². The zero-order valence-electron chi connectivity index (χ0n) is 12.9. The fourth-order valence-electron chi connectivity index (χ4n) is 2.24. The van der Waals surface area contributed by atoms with E-state index >= 15 is 0 Å². The fraction of sp³-hybridized carbons (Fsp3) is 0.235. The summed E-state index contributed by atoms with van der Waals surface area (Å²) in [6.45, 7) is 3.33. The minimum absolute atomic E-state index is 0.229. The van der Waals surface area contributed by atoms with Crippen LogP contribution in [0.1, 0.15) is 22.5 Å². The van der Waals surface area contributed by atoms with E-state index in [2.05, 4.69) is 15.6 Å². The molecule has 3 rings (SSSR count). The molecule has 118 valence electrons. The molecule has 0 saturated heterocycles. The average Bonchev–Trinajstić information content (AvgIpc) is 3.21. The van der Waals surface area contributed by atoms with Crippen molar-refractivity contribution in [3.8, 4) is 11.3 Å². The van der Waals surface area contributed by atoms with E-state index in [0.29, 0.717) is 18.0 Å². The second kappa shape index (κ2) is 6.91. The minimum atomic E-state index is -0.229.